The molecule has 0 aliphatic heterocycles. The Bertz CT molecular complexity index is 495. The Morgan fingerprint density at radius 3 is 2.81 bits per heavy atom. The van der Waals surface area contributed by atoms with E-state index in [0.29, 0.717) is 6.42 Å². The monoisotopic (exact) mass is 258 g/mol. The van der Waals surface area contributed by atoms with Crippen molar-refractivity contribution in [2.75, 3.05) is 0 Å². The third kappa shape index (κ3) is 2.55. The Labute approximate surface area is 104 Å². The number of benzene rings is 1. The molecule has 3 nitrogen and oxygen atoms in total. The third-order valence-corrected chi connectivity index (χ3v) is 2.69. The topological polar surface area (TPSA) is 58.9 Å². The van der Waals surface area contributed by atoms with Gasteiger partial charge in [-0.3, -0.25) is 4.79 Å². The second kappa shape index (κ2) is 5.34. The average molecular weight is 259 g/mol. The van der Waals surface area contributed by atoms with E-state index in [1.54, 1.807) is 0 Å². The molecule has 0 saturated carbocycles. The van der Waals surface area contributed by atoms with Crippen LogP contribution in [0.25, 0.3) is 10.9 Å². The quantitative estimate of drug-likeness (QED) is 0.830. The van der Waals surface area contributed by atoms with Crippen LogP contribution in [0.1, 0.15) is 5.56 Å². The van der Waals surface area contributed by atoms with Gasteiger partial charge in [-0.2, -0.15) is 0 Å². The van der Waals surface area contributed by atoms with E-state index in [1.165, 1.54) is 0 Å². The number of aromatic nitrogens is 1. The molecular weight excluding hydrogens is 247 g/mol. The van der Waals surface area contributed by atoms with Crippen LogP contribution in [0.2, 0.25) is 0 Å². The summed E-state index contributed by atoms with van der Waals surface area (Å²) < 4.78 is 0. The molecule has 0 fully saturated rings. The Hall–Kier alpha value is -1.03. The summed E-state index contributed by atoms with van der Waals surface area (Å²) in [5.41, 5.74) is 7.67. The summed E-state index contributed by atoms with van der Waals surface area (Å²) in [6.45, 7) is 0. The fourth-order valence-corrected chi connectivity index (χ4v) is 1.69. The predicted octanol–water partition coefficient (Wildman–Crippen LogP) is 2.22. The van der Waals surface area contributed by atoms with E-state index >= 15 is 0 Å². The van der Waals surface area contributed by atoms with Gasteiger partial charge in [0, 0.05) is 17.1 Å². The number of nitrogens with one attached hydrogen (secondary N) is 1. The highest BCUT2D eigenvalue weighted by molar-refractivity contribution is 6.64. The van der Waals surface area contributed by atoms with E-state index < -0.39 is 11.3 Å². The van der Waals surface area contributed by atoms with Crippen molar-refractivity contribution >= 4 is 40.2 Å². The first-order valence-electron chi connectivity index (χ1n) is 4.68. The van der Waals surface area contributed by atoms with Crippen LogP contribution in [0.4, 0.5) is 0 Å². The fourth-order valence-electron chi connectivity index (χ4n) is 1.62. The lowest BCUT2D eigenvalue weighted by Gasteiger charge is -2.04. The van der Waals surface area contributed by atoms with Gasteiger partial charge >= 0.3 is 0 Å². The first-order chi connectivity index (χ1) is 7.18. The van der Waals surface area contributed by atoms with Gasteiger partial charge in [0.1, 0.15) is 0 Å². The number of nitrogens with two attached hydrogens (primary N) is 1. The van der Waals surface area contributed by atoms with E-state index in [-0.39, 0.29) is 12.4 Å². The van der Waals surface area contributed by atoms with Crippen LogP contribution in [0.3, 0.4) is 0 Å². The largest absolute Gasteiger partial charge is 0.361 e. The molecule has 0 bridgehead atoms. The number of H-pyrrole nitrogens is 1. The molecule has 1 atom stereocenters. The maximum Gasteiger partial charge on any atom is 0.238 e. The number of hydrogen-bond acceptors (Lipinski definition) is 2. The summed E-state index contributed by atoms with van der Waals surface area (Å²) in [6, 6.07) is 7.24. The van der Waals surface area contributed by atoms with Gasteiger partial charge in [-0.05, 0) is 29.7 Å². The van der Waals surface area contributed by atoms with Gasteiger partial charge in [-0.1, -0.05) is 18.2 Å². The zero-order valence-electron chi connectivity index (χ0n) is 8.44. The molecule has 1 aromatic heterocycles. The van der Waals surface area contributed by atoms with Crippen LogP contribution in [0.15, 0.2) is 30.5 Å². The average Bonchev–Trinajstić information content (AvgIpc) is 2.62. The molecule has 16 heavy (non-hydrogen) atoms. The van der Waals surface area contributed by atoms with Crippen LogP contribution in [-0.2, 0) is 11.2 Å². The number of carbonyl (C=O) groups is 1. The highest BCUT2D eigenvalue weighted by Crippen LogP contribution is 2.18. The second-order valence-corrected chi connectivity index (χ2v) is 3.85. The minimum Gasteiger partial charge on any atom is -0.361 e. The Morgan fingerprint density at radius 1 is 1.44 bits per heavy atom. The SMILES string of the molecule is Cl.NC(Cc1c[nH]c2ccccc12)C(=O)Cl. The molecule has 2 rings (SSSR count). The zero-order chi connectivity index (χ0) is 10.8. The number of aromatic amines is 1. The maximum absolute atomic E-state index is 10.8. The lowest BCUT2D eigenvalue weighted by molar-refractivity contribution is -0.112. The lowest BCUT2D eigenvalue weighted by Crippen LogP contribution is -2.29. The zero-order valence-corrected chi connectivity index (χ0v) is 10.0. The van der Waals surface area contributed by atoms with Crippen molar-refractivity contribution in [2.45, 2.75) is 12.5 Å². The molecule has 1 aromatic carbocycles. The summed E-state index contributed by atoms with van der Waals surface area (Å²) >= 11 is 5.32. The van der Waals surface area contributed by atoms with Gasteiger partial charge in [0.05, 0.1) is 6.04 Å². The molecule has 0 spiro atoms. The molecule has 0 radical (unpaired) electrons. The molecule has 5 heteroatoms. The van der Waals surface area contributed by atoms with Crippen molar-refractivity contribution in [2.24, 2.45) is 5.73 Å². The molecule has 0 aliphatic carbocycles. The summed E-state index contributed by atoms with van der Waals surface area (Å²) in [6.07, 6.45) is 2.33. The smallest absolute Gasteiger partial charge is 0.238 e. The summed E-state index contributed by atoms with van der Waals surface area (Å²) in [4.78, 5) is 14.0. The summed E-state index contributed by atoms with van der Waals surface area (Å²) in [7, 11) is 0. The molecule has 86 valence electrons. The van der Waals surface area contributed by atoms with Gasteiger partial charge in [0.25, 0.3) is 0 Å². The van der Waals surface area contributed by atoms with Crippen molar-refractivity contribution in [3.05, 3.63) is 36.0 Å². The summed E-state index contributed by atoms with van der Waals surface area (Å²) in [5.74, 6) is 0. The first kappa shape index (κ1) is 13.0. The van der Waals surface area contributed by atoms with Gasteiger partial charge in [0.15, 0.2) is 0 Å². The van der Waals surface area contributed by atoms with Gasteiger partial charge in [0.2, 0.25) is 5.24 Å². The molecule has 0 aliphatic rings. The van der Waals surface area contributed by atoms with Crippen LogP contribution in [0.5, 0.6) is 0 Å². The van der Waals surface area contributed by atoms with Gasteiger partial charge in [-0.15, -0.1) is 12.4 Å². The highest BCUT2D eigenvalue weighted by Gasteiger charge is 2.13. The van der Waals surface area contributed by atoms with Crippen LogP contribution >= 0.6 is 24.0 Å². The standard InChI is InChI=1S/C11H11ClN2O.ClH/c12-11(15)9(13)5-7-6-14-10-4-2-1-3-8(7)10;/h1-4,6,9,14H,5,13H2;1H. The van der Waals surface area contributed by atoms with Crippen molar-refractivity contribution in [3.8, 4) is 0 Å². The van der Waals surface area contributed by atoms with E-state index in [0.717, 1.165) is 16.5 Å². The number of halogens is 2. The number of carbonyl (C=O) groups excluding carboxylic acids is 1. The Kier molecular flexibility index (Phi) is 4.35. The lowest BCUT2D eigenvalue weighted by atomic mass is 10.1. The van der Waals surface area contributed by atoms with Crippen molar-refractivity contribution < 1.29 is 4.79 Å². The van der Waals surface area contributed by atoms with Crippen molar-refractivity contribution in [1.82, 2.24) is 4.98 Å². The van der Waals surface area contributed by atoms with Crippen LogP contribution in [0, 0.1) is 0 Å². The predicted molar refractivity (Wildman–Crippen MR) is 68.1 cm³/mol. The Morgan fingerprint density at radius 2 is 2.12 bits per heavy atom. The fraction of sp³-hybridized carbons (Fsp3) is 0.182. The maximum atomic E-state index is 10.8. The van der Waals surface area contributed by atoms with Crippen LogP contribution < -0.4 is 5.73 Å². The number of para-hydroxylation sites is 1. The highest BCUT2D eigenvalue weighted by atomic mass is 35.5. The number of fused-ring (bicyclic) bond motifs is 1. The molecule has 0 amide bonds. The van der Waals surface area contributed by atoms with E-state index in [9.17, 15) is 4.79 Å². The molecular formula is C11H12Cl2N2O. The molecule has 0 saturated heterocycles. The Balaban J connectivity index is 0.00000128. The minimum atomic E-state index is -0.633. The second-order valence-electron chi connectivity index (χ2n) is 3.47. The number of hydrogen-bond donors (Lipinski definition) is 2. The van der Waals surface area contributed by atoms with Crippen molar-refractivity contribution in [3.63, 3.8) is 0 Å². The first-order valence-corrected chi connectivity index (χ1v) is 5.06. The molecule has 1 unspecified atom stereocenters. The van der Waals surface area contributed by atoms with Gasteiger partial charge in [-0.25, -0.2) is 0 Å². The van der Waals surface area contributed by atoms with E-state index in [2.05, 4.69) is 4.98 Å². The molecule has 1 heterocycles. The van der Waals surface area contributed by atoms with Gasteiger partial charge < -0.3 is 10.7 Å². The van der Waals surface area contributed by atoms with E-state index in [1.807, 2.05) is 30.5 Å². The normalized spacial score (nSPS) is 12.1. The minimum absolute atomic E-state index is 0. The third-order valence-electron chi connectivity index (χ3n) is 2.41. The molecule has 2 aromatic rings. The molecule has 3 N–H and O–H groups in total. The number of rotatable bonds is 3. The van der Waals surface area contributed by atoms with Crippen LogP contribution in [-0.4, -0.2) is 16.3 Å². The van der Waals surface area contributed by atoms with E-state index in [4.69, 9.17) is 17.3 Å². The summed E-state index contributed by atoms with van der Waals surface area (Å²) in [5, 5.41) is 0.589. The van der Waals surface area contributed by atoms with Crippen molar-refractivity contribution in [1.29, 1.82) is 0 Å².